The number of nitrogens with one attached hydrogen (secondary N) is 1. The lowest BCUT2D eigenvalue weighted by Gasteiger charge is -2.40. The molecule has 0 aromatic carbocycles. The van der Waals surface area contributed by atoms with Crippen molar-refractivity contribution in [3.05, 3.63) is 0 Å². The first-order valence-corrected chi connectivity index (χ1v) is 6.24. The Morgan fingerprint density at radius 2 is 1.87 bits per heavy atom. The Bertz CT molecular complexity index is 217. The zero-order valence-electron chi connectivity index (χ0n) is 10.6. The fourth-order valence-corrected chi connectivity index (χ4v) is 2.65. The summed E-state index contributed by atoms with van der Waals surface area (Å²) < 4.78 is 0. The summed E-state index contributed by atoms with van der Waals surface area (Å²) in [6, 6.07) is 0.409. The van der Waals surface area contributed by atoms with Crippen LogP contribution in [0.4, 0.5) is 0 Å². The molecule has 0 aromatic heterocycles. The summed E-state index contributed by atoms with van der Waals surface area (Å²) in [5, 5.41) is 3.19. The molecule has 2 atom stereocenters. The van der Waals surface area contributed by atoms with E-state index in [1.54, 1.807) is 0 Å². The van der Waals surface area contributed by atoms with Crippen LogP contribution in [-0.4, -0.2) is 11.9 Å². The van der Waals surface area contributed by atoms with Crippen molar-refractivity contribution in [2.75, 3.05) is 0 Å². The van der Waals surface area contributed by atoms with Gasteiger partial charge in [0.25, 0.3) is 0 Å². The summed E-state index contributed by atoms with van der Waals surface area (Å²) >= 11 is 0. The molecule has 0 bridgehead atoms. The van der Waals surface area contributed by atoms with Crippen LogP contribution in [0.1, 0.15) is 59.8 Å². The quantitative estimate of drug-likeness (QED) is 0.747. The molecule has 0 aliphatic heterocycles. The first-order valence-electron chi connectivity index (χ1n) is 6.24. The molecular weight excluding hydrogens is 186 g/mol. The van der Waals surface area contributed by atoms with Crippen molar-refractivity contribution < 1.29 is 4.79 Å². The van der Waals surface area contributed by atoms with Gasteiger partial charge in [-0.2, -0.15) is 0 Å². The molecule has 0 radical (unpaired) electrons. The molecule has 1 amide bonds. The third-order valence-electron chi connectivity index (χ3n) is 3.55. The van der Waals surface area contributed by atoms with E-state index < -0.39 is 0 Å². The van der Waals surface area contributed by atoms with Gasteiger partial charge in [0.1, 0.15) is 0 Å². The van der Waals surface area contributed by atoms with Crippen LogP contribution >= 0.6 is 0 Å². The SMILES string of the molecule is CCC(=O)N[C@H]1CCCC[C@H]1C(C)(C)C. The van der Waals surface area contributed by atoms with Crippen molar-refractivity contribution in [2.24, 2.45) is 11.3 Å². The van der Waals surface area contributed by atoms with Crippen molar-refractivity contribution >= 4 is 5.91 Å². The fourth-order valence-electron chi connectivity index (χ4n) is 2.65. The fraction of sp³-hybridized carbons (Fsp3) is 0.923. The van der Waals surface area contributed by atoms with Crippen LogP contribution in [0.2, 0.25) is 0 Å². The Balaban J connectivity index is 2.62. The molecule has 15 heavy (non-hydrogen) atoms. The number of carbonyl (C=O) groups is 1. The van der Waals surface area contributed by atoms with Gasteiger partial charge in [-0.15, -0.1) is 0 Å². The van der Waals surface area contributed by atoms with E-state index in [1.807, 2.05) is 6.92 Å². The van der Waals surface area contributed by atoms with Crippen LogP contribution in [0.5, 0.6) is 0 Å². The highest BCUT2D eigenvalue weighted by Gasteiger charge is 2.34. The van der Waals surface area contributed by atoms with E-state index in [9.17, 15) is 4.79 Å². The van der Waals surface area contributed by atoms with Gasteiger partial charge in [-0.1, -0.05) is 40.5 Å². The normalized spacial score (nSPS) is 27.5. The molecule has 2 heteroatoms. The molecule has 88 valence electrons. The predicted octanol–water partition coefficient (Wildman–Crippen LogP) is 3.12. The number of amides is 1. The summed E-state index contributed by atoms with van der Waals surface area (Å²) in [7, 11) is 0. The lowest BCUT2D eigenvalue weighted by Crippen LogP contribution is -2.46. The molecule has 0 heterocycles. The maximum atomic E-state index is 11.4. The zero-order valence-corrected chi connectivity index (χ0v) is 10.6. The van der Waals surface area contributed by atoms with E-state index in [0.717, 1.165) is 6.42 Å². The van der Waals surface area contributed by atoms with Gasteiger partial charge in [0.05, 0.1) is 0 Å². The standard InChI is InChI=1S/C13H25NO/c1-5-12(15)14-11-9-7-6-8-10(11)13(2,3)4/h10-11H,5-9H2,1-4H3,(H,14,15)/t10-,11+/m1/s1. The lowest BCUT2D eigenvalue weighted by atomic mass is 9.69. The van der Waals surface area contributed by atoms with Gasteiger partial charge in [-0.3, -0.25) is 4.79 Å². The third-order valence-corrected chi connectivity index (χ3v) is 3.55. The van der Waals surface area contributed by atoms with E-state index in [-0.39, 0.29) is 5.91 Å². The second kappa shape index (κ2) is 5.00. The van der Waals surface area contributed by atoms with Crippen LogP contribution in [0.3, 0.4) is 0 Å². The van der Waals surface area contributed by atoms with Crippen molar-refractivity contribution in [2.45, 2.75) is 65.8 Å². The molecule has 1 N–H and O–H groups in total. The second-order valence-electron chi connectivity index (χ2n) is 5.78. The summed E-state index contributed by atoms with van der Waals surface area (Å²) in [4.78, 5) is 11.4. The van der Waals surface area contributed by atoms with Gasteiger partial charge in [-0.05, 0) is 24.2 Å². The third kappa shape index (κ3) is 3.51. The van der Waals surface area contributed by atoms with E-state index >= 15 is 0 Å². The Labute approximate surface area is 93.8 Å². The predicted molar refractivity (Wildman–Crippen MR) is 63.6 cm³/mol. The van der Waals surface area contributed by atoms with Gasteiger partial charge in [-0.25, -0.2) is 0 Å². The molecule has 1 aliphatic carbocycles. The average molecular weight is 211 g/mol. The van der Waals surface area contributed by atoms with Crippen LogP contribution in [0, 0.1) is 11.3 Å². The monoisotopic (exact) mass is 211 g/mol. The van der Waals surface area contributed by atoms with Gasteiger partial charge < -0.3 is 5.32 Å². The van der Waals surface area contributed by atoms with Crippen molar-refractivity contribution in [1.82, 2.24) is 5.32 Å². The molecule has 1 rings (SSSR count). The van der Waals surface area contributed by atoms with Crippen LogP contribution < -0.4 is 5.32 Å². The zero-order chi connectivity index (χ0) is 11.5. The van der Waals surface area contributed by atoms with E-state index in [1.165, 1.54) is 19.3 Å². The van der Waals surface area contributed by atoms with E-state index in [0.29, 0.717) is 23.8 Å². The Hall–Kier alpha value is -0.530. The second-order valence-corrected chi connectivity index (χ2v) is 5.78. The number of carbonyl (C=O) groups excluding carboxylic acids is 1. The maximum absolute atomic E-state index is 11.4. The Kier molecular flexibility index (Phi) is 4.18. The highest BCUT2D eigenvalue weighted by atomic mass is 16.1. The molecule has 2 nitrogen and oxygen atoms in total. The van der Waals surface area contributed by atoms with Crippen LogP contribution in [-0.2, 0) is 4.79 Å². The lowest BCUT2D eigenvalue weighted by molar-refractivity contribution is -0.122. The molecule has 1 saturated carbocycles. The average Bonchev–Trinajstić information content (AvgIpc) is 2.17. The number of hydrogen-bond acceptors (Lipinski definition) is 1. The molecule has 0 unspecified atom stereocenters. The number of hydrogen-bond donors (Lipinski definition) is 1. The van der Waals surface area contributed by atoms with Crippen LogP contribution in [0.25, 0.3) is 0 Å². The van der Waals surface area contributed by atoms with Gasteiger partial charge in [0.2, 0.25) is 5.91 Å². The number of rotatable bonds is 2. The minimum Gasteiger partial charge on any atom is -0.353 e. The van der Waals surface area contributed by atoms with Gasteiger partial charge in [0.15, 0.2) is 0 Å². The molecule has 1 aliphatic rings. The van der Waals surface area contributed by atoms with Crippen molar-refractivity contribution in [3.8, 4) is 0 Å². The summed E-state index contributed by atoms with van der Waals surface area (Å²) in [5.41, 5.74) is 0.312. The first kappa shape index (κ1) is 12.5. The van der Waals surface area contributed by atoms with Gasteiger partial charge in [0, 0.05) is 12.5 Å². The molecule has 0 spiro atoms. The topological polar surface area (TPSA) is 29.1 Å². The van der Waals surface area contributed by atoms with Crippen molar-refractivity contribution in [1.29, 1.82) is 0 Å². The Morgan fingerprint density at radius 1 is 1.27 bits per heavy atom. The Morgan fingerprint density at radius 3 is 2.40 bits per heavy atom. The molecule has 1 fully saturated rings. The molecular formula is C13H25NO. The first-order chi connectivity index (χ1) is 6.95. The minimum atomic E-state index is 0.205. The van der Waals surface area contributed by atoms with Crippen molar-refractivity contribution in [3.63, 3.8) is 0 Å². The maximum Gasteiger partial charge on any atom is 0.219 e. The smallest absolute Gasteiger partial charge is 0.219 e. The van der Waals surface area contributed by atoms with E-state index in [2.05, 4.69) is 26.1 Å². The molecule has 0 saturated heterocycles. The molecule has 0 aromatic rings. The minimum absolute atomic E-state index is 0.205. The summed E-state index contributed by atoms with van der Waals surface area (Å²) in [6.07, 6.45) is 5.61. The van der Waals surface area contributed by atoms with Crippen LogP contribution in [0.15, 0.2) is 0 Å². The highest BCUT2D eigenvalue weighted by molar-refractivity contribution is 5.75. The van der Waals surface area contributed by atoms with Gasteiger partial charge >= 0.3 is 0 Å². The summed E-state index contributed by atoms with van der Waals surface area (Å²) in [5.74, 6) is 0.845. The largest absolute Gasteiger partial charge is 0.353 e. The summed E-state index contributed by atoms with van der Waals surface area (Å²) in [6.45, 7) is 8.78. The van der Waals surface area contributed by atoms with E-state index in [4.69, 9.17) is 0 Å². The highest BCUT2D eigenvalue weighted by Crippen LogP contribution is 2.37.